The summed E-state index contributed by atoms with van der Waals surface area (Å²) in [6.45, 7) is 5.10. The predicted molar refractivity (Wildman–Crippen MR) is 144 cm³/mol. The van der Waals surface area contributed by atoms with Crippen LogP contribution in [-0.4, -0.2) is 25.3 Å². The molecule has 0 radical (unpaired) electrons. The number of carbonyl (C=O) groups excluding carboxylic acids is 1. The lowest BCUT2D eigenvalue weighted by Gasteiger charge is -2.12. The molecule has 0 heterocycles. The lowest BCUT2D eigenvalue weighted by molar-refractivity contribution is 0.0954. The maximum atomic E-state index is 12.7. The Bertz CT molecular complexity index is 1380. The minimum atomic E-state index is -0.379. The van der Waals surface area contributed by atoms with Crippen molar-refractivity contribution in [2.24, 2.45) is 5.10 Å². The third-order valence-electron chi connectivity index (χ3n) is 5.41. The number of nitrogens with one attached hydrogen (secondary N) is 1. The Kier molecular flexibility index (Phi) is 8.42. The van der Waals surface area contributed by atoms with Crippen LogP contribution in [0.5, 0.6) is 17.2 Å². The van der Waals surface area contributed by atoms with Gasteiger partial charge in [0.15, 0.2) is 11.5 Å². The lowest BCUT2D eigenvalue weighted by atomic mass is 10.1. The molecule has 184 valence electrons. The van der Waals surface area contributed by atoms with Crippen LogP contribution in [-0.2, 0) is 6.61 Å². The number of rotatable bonds is 10. The van der Waals surface area contributed by atoms with Gasteiger partial charge >= 0.3 is 0 Å². The number of halogens is 1. The van der Waals surface area contributed by atoms with Crippen LogP contribution in [0.3, 0.4) is 0 Å². The Hall–Kier alpha value is -4.03. The second kappa shape index (κ2) is 12.1. The molecule has 0 saturated heterocycles. The highest BCUT2D eigenvalue weighted by molar-refractivity contribution is 6.30. The zero-order chi connectivity index (χ0) is 25.3. The van der Waals surface area contributed by atoms with E-state index in [-0.39, 0.29) is 5.91 Å². The Morgan fingerprint density at radius 3 is 2.44 bits per heavy atom. The SMILES string of the molecule is CCOc1ccc(C(=O)N/N=C/c2cc(Cl)ccc2OCc2cccc3ccccc23)cc1OCC. The number of ether oxygens (including phenoxy) is 3. The van der Waals surface area contributed by atoms with Gasteiger partial charge in [0.1, 0.15) is 12.4 Å². The number of nitrogens with zero attached hydrogens (tertiary/aromatic N) is 1. The van der Waals surface area contributed by atoms with Gasteiger partial charge in [-0.05, 0) is 66.6 Å². The van der Waals surface area contributed by atoms with E-state index in [1.165, 1.54) is 6.21 Å². The molecule has 0 atom stereocenters. The molecule has 0 aromatic heterocycles. The summed E-state index contributed by atoms with van der Waals surface area (Å²) in [5, 5.41) is 6.95. The van der Waals surface area contributed by atoms with E-state index in [9.17, 15) is 4.79 Å². The molecule has 0 spiro atoms. The summed E-state index contributed by atoms with van der Waals surface area (Å²) in [5.74, 6) is 1.32. The molecule has 6 nitrogen and oxygen atoms in total. The highest BCUT2D eigenvalue weighted by atomic mass is 35.5. The molecule has 0 bridgehead atoms. The summed E-state index contributed by atoms with van der Waals surface area (Å²) in [4.78, 5) is 12.7. The number of hydrazone groups is 1. The molecule has 1 amide bonds. The second-order valence-electron chi connectivity index (χ2n) is 7.84. The highest BCUT2D eigenvalue weighted by Crippen LogP contribution is 2.29. The van der Waals surface area contributed by atoms with Gasteiger partial charge in [-0.1, -0.05) is 54.1 Å². The summed E-state index contributed by atoms with van der Waals surface area (Å²) in [5.41, 5.74) is 4.66. The fourth-order valence-corrected chi connectivity index (χ4v) is 3.92. The van der Waals surface area contributed by atoms with Crippen molar-refractivity contribution >= 4 is 34.5 Å². The molecule has 0 fully saturated rings. The summed E-state index contributed by atoms with van der Waals surface area (Å²) in [6, 6.07) is 24.6. The van der Waals surface area contributed by atoms with Crippen molar-refractivity contribution in [1.29, 1.82) is 0 Å². The maximum absolute atomic E-state index is 12.7. The van der Waals surface area contributed by atoms with Gasteiger partial charge in [0, 0.05) is 16.1 Å². The van der Waals surface area contributed by atoms with Crippen molar-refractivity contribution in [2.45, 2.75) is 20.5 Å². The highest BCUT2D eigenvalue weighted by Gasteiger charge is 2.11. The van der Waals surface area contributed by atoms with Gasteiger partial charge in [0.05, 0.1) is 19.4 Å². The Labute approximate surface area is 215 Å². The van der Waals surface area contributed by atoms with Crippen LogP contribution in [0.1, 0.15) is 35.3 Å². The molecule has 0 aliphatic heterocycles. The largest absolute Gasteiger partial charge is 0.490 e. The summed E-state index contributed by atoms with van der Waals surface area (Å²) in [6.07, 6.45) is 1.51. The van der Waals surface area contributed by atoms with Crippen LogP contribution in [0.25, 0.3) is 10.8 Å². The minimum Gasteiger partial charge on any atom is -0.490 e. The van der Waals surface area contributed by atoms with Gasteiger partial charge in [-0.25, -0.2) is 5.43 Å². The van der Waals surface area contributed by atoms with Crippen LogP contribution in [0.15, 0.2) is 84.0 Å². The van der Waals surface area contributed by atoms with Crippen LogP contribution in [0, 0.1) is 0 Å². The van der Waals surface area contributed by atoms with Crippen molar-refractivity contribution < 1.29 is 19.0 Å². The first-order valence-electron chi connectivity index (χ1n) is 11.7. The zero-order valence-electron chi connectivity index (χ0n) is 20.2. The molecule has 4 rings (SSSR count). The van der Waals surface area contributed by atoms with Crippen LogP contribution in [0.4, 0.5) is 0 Å². The molecular formula is C29H27ClN2O4. The van der Waals surface area contributed by atoms with E-state index in [0.29, 0.717) is 53.2 Å². The van der Waals surface area contributed by atoms with Crippen LogP contribution >= 0.6 is 11.6 Å². The number of amides is 1. The summed E-state index contributed by atoms with van der Waals surface area (Å²) < 4.78 is 17.3. The number of benzene rings is 4. The molecule has 0 aliphatic carbocycles. The third-order valence-corrected chi connectivity index (χ3v) is 5.65. The first kappa shape index (κ1) is 25.1. The van der Waals surface area contributed by atoms with E-state index in [1.54, 1.807) is 36.4 Å². The van der Waals surface area contributed by atoms with Crippen molar-refractivity contribution in [2.75, 3.05) is 13.2 Å². The average molecular weight is 503 g/mol. The molecule has 7 heteroatoms. The summed E-state index contributed by atoms with van der Waals surface area (Å²) >= 11 is 6.21. The van der Waals surface area contributed by atoms with Gasteiger partial charge in [-0.2, -0.15) is 5.10 Å². The number of carbonyl (C=O) groups is 1. The summed E-state index contributed by atoms with van der Waals surface area (Å²) in [7, 11) is 0. The van der Waals surface area contributed by atoms with Crippen molar-refractivity contribution in [3.05, 3.63) is 101 Å². The molecule has 36 heavy (non-hydrogen) atoms. The molecule has 0 saturated carbocycles. The van der Waals surface area contributed by atoms with E-state index in [1.807, 2.05) is 38.1 Å². The monoisotopic (exact) mass is 502 g/mol. The van der Waals surface area contributed by atoms with Gasteiger partial charge in [0.25, 0.3) is 5.91 Å². The van der Waals surface area contributed by atoms with E-state index < -0.39 is 0 Å². The molecule has 0 unspecified atom stereocenters. The predicted octanol–water partition coefficient (Wildman–Crippen LogP) is 6.63. The Morgan fingerprint density at radius 1 is 0.861 bits per heavy atom. The Morgan fingerprint density at radius 2 is 1.61 bits per heavy atom. The smallest absolute Gasteiger partial charge is 0.271 e. The minimum absolute atomic E-state index is 0.378. The Balaban J connectivity index is 1.47. The molecule has 1 N–H and O–H groups in total. The van der Waals surface area contributed by atoms with E-state index >= 15 is 0 Å². The second-order valence-corrected chi connectivity index (χ2v) is 8.27. The number of fused-ring (bicyclic) bond motifs is 1. The molecule has 4 aromatic rings. The quantitative estimate of drug-likeness (QED) is 0.195. The van der Waals surface area contributed by atoms with Gasteiger partial charge < -0.3 is 14.2 Å². The zero-order valence-corrected chi connectivity index (χ0v) is 20.9. The van der Waals surface area contributed by atoms with Crippen molar-refractivity contribution in [3.8, 4) is 17.2 Å². The van der Waals surface area contributed by atoms with Gasteiger partial charge in [0.2, 0.25) is 0 Å². The van der Waals surface area contributed by atoms with Crippen LogP contribution in [0.2, 0.25) is 5.02 Å². The molecule has 0 aliphatic rings. The molecular weight excluding hydrogens is 476 g/mol. The first-order valence-corrected chi connectivity index (χ1v) is 12.1. The maximum Gasteiger partial charge on any atom is 0.271 e. The van der Waals surface area contributed by atoms with Crippen LogP contribution < -0.4 is 19.6 Å². The van der Waals surface area contributed by atoms with Crippen molar-refractivity contribution in [1.82, 2.24) is 5.43 Å². The van der Waals surface area contributed by atoms with Crippen molar-refractivity contribution in [3.63, 3.8) is 0 Å². The topological polar surface area (TPSA) is 69.2 Å². The van der Waals surface area contributed by atoms with Gasteiger partial charge in [-0.15, -0.1) is 0 Å². The van der Waals surface area contributed by atoms with Gasteiger partial charge in [-0.3, -0.25) is 4.79 Å². The van der Waals surface area contributed by atoms with E-state index in [0.717, 1.165) is 16.3 Å². The molecule has 4 aromatic carbocycles. The van der Waals surface area contributed by atoms with E-state index in [4.69, 9.17) is 25.8 Å². The normalized spacial score (nSPS) is 11.0. The number of hydrogen-bond acceptors (Lipinski definition) is 5. The average Bonchev–Trinajstić information content (AvgIpc) is 2.89. The fourth-order valence-electron chi connectivity index (χ4n) is 3.74. The lowest BCUT2D eigenvalue weighted by Crippen LogP contribution is -2.18. The standard InChI is InChI=1S/C29H27ClN2O4/c1-3-34-27-14-12-21(17-28(27)35-4-2)29(33)32-31-18-23-16-24(30)13-15-26(23)36-19-22-10-7-9-20-8-5-6-11-25(20)22/h5-18H,3-4,19H2,1-2H3,(H,32,33)/b31-18+. The third kappa shape index (κ3) is 6.15. The van der Waals surface area contributed by atoms with E-state index in [2.05, 4.69) is 28.7 Å². The first-order chi connectivity index (χ1) is 17.6. The number of hydrogen-bond donors (Lipinski definition) is 1. The fraction of sp³-hybridized carbons (Fsp3) is 0.172.